The van der Waals surface area contributed by atoms with E-state index in [2.05, 4.69) is 21.2 Å². The average Bonchev–Trinajstić information content (AvgIpc) is 2.15. The van der Waals surface area contributed by atoms with Gasteiger partial charge in [-0.2, -0.15) is 0 Å². The lowest BCUT2D eigenvalue weighted by Crippen LogP contribution is -2.29. The third-order valence-electron chi connectivity index (χ3n) is 2.00. The molecular weight excluding hydrogens is 265 g/mol. The van der Waals surface area contributed by atoms with Gasteiger partial charge in [-0.3, -0.25) is 0 Å². The molecule has 0 aliphatic rings. The minimum absolute atomic E-state index is 0.245. The number of halogens is 2. The van der Waals surface area contributed by atoms with Crippen molar-refractivity contribution in [3.05, 3.63) is 34.1 Å². The van der Waals surface area contributed by atoms with E-state index in [0.717, 1.165) is 0 Å². The standard InChI is InChI=1S/C10H13BrFNO2/c1-13-5-9(14)10(15)6-2-7(11)4-8(12)3-6/h2-4,9-10,13-15H,5H2,1H3. The van der Waals surface area contributed by atoms with Gasteiger partial charge in [-0.15, -0.1) is 0 Å². The van der Waals surface area contributed by atoms with Crippen molar-refractivity contribution in [1.82, 2.24) is 5.32 Å². The number of benzene rings is 1. The number of rotatable bonds is 4. The fourth-order valence-corrected chi connectivity index (χ4v) is 1.77. The van der Waals surface area contributed by atoms with Crippen molar-refractivity contribution in [2.45, 2.75) is 12.2 Å². The van der Waals surface area contributed by atoms with Gasteiger partial charge in [0.1, 0.15) is 11.9 Å². The van der Waals surface area contributed by atoms with Gasteiger partial charge >= 0.3 is 0 Å². The number of aliphatic hydroxyl groups excluding tert-OH is 2. The molecule has 3 nitrogen and oxygen atoms in total. The van der Waals surface area contributed by atoms with Crippen molar-refractivity contribution in [2.24, 2.45) is 0 Å². The monoisotopic (exact) mass is 277 g/mol. The van der Waals surface area contributed by atoms with Crippen LogP contribution in [0.25, 0.3) is 0 Å². The van der Waals surface area contributed by atoms with Crippen molar-refractivity contribution >= 4 is 15.9 Å². The highest BCUT2D eigenvalue weighted by Crippen LogP contribution is 2.22. The van der Waals surface area contributed by atoms with Crippen LogP contribution in [0.2, 0.25) is 0 Å². The summed E-state index contributed by atoms with van der Waals surface area (Å²) in [6.07, 6.45) is -2.05. The lowest BCUT2D eigenvalue weighted by molar-refractivity contribution is 0.0200. The molecule has 0 spiro atoms. The maximum Gasteiger partial charge on any atom is 0.124 e. The van der Waals surface area contributed by atoms with Crippen molar-refractivity contribution in [3.8, 4) is 0 Å². The fraction of sp³-hybridized carbons (Fsp3) is 0.400. The molecule has 84 valence electrons. The van der Waals surface area contributed by atoms with Gasteiger partial charge in [-0.05, 0) is 30.8 Å². The first-order chi connectivity index (χ1) is 7.04. The maximum atomic E-state index is 13.0. The molecule has 0 fully saturated rings. The van der Waals surface area contributed by atoms with Crippen LogP contribution in [-0.2, 0) is 0 Å². The van der Waals surface area contributed by atoms with Gasteiger partial charge < -0.3 is 15.5 Å². The van der Waals surface area contributed by atoms with E-state index in [4.69, 9.17) is 0 Å². The van der Waals surface area contributed by atoms with E-state index in [9.17, 15) is 14.6 Å². The molecule has 1 aromatic carbocycles. The second-order valence-corrected chi connectivity index (χ2v) is 4.19. The Morgan fingerprint density at radius 1 is 1.40 bits per heavy atom. The first-order valence-corrected chi connectivity index (χ1v) is 5.30. The molecule has 0 aliphatic carbocycles. The van der Waals surface area contributed by atoms with Crippen LogP contribution in [0.4, 0.5) is 4.39 Å². The second kappa shape index (κ2) is 5.55. The van der Waals surface area contributed by atoms with Crippen LogP contribution in [0.1, 0.15) is 11.7 Å². The Bertz CT molecular complexity index is 315. The zero-order chi connectivity index (χ0) is 11.4. The van der Waals surface area contributed by atoms with Crippen molar-refractivity contribution in [3.63, 3.8) is 0 Å². The van der Waals surface area contributed by atoms with Gasteiger partial charge in [0.05, 0.1) is 6.10 Å². The number of likely N-dealkylation sites (N-methyl/N-ethyl adjacent to an activating group) is 1. The molecule has 0 aliphatic heterocycles. The van der Waals surface area contributed by atoms with E-state index in [0.29, 0.717) is 10.0 Å². The third kappa shape index (κ3) is 3.53. The Morgan fingerprint density at radius 3 is 2.60 bits per heavy atom. The van der Waals surface area contributed by atoms with Crippen LogP contribution in [-0.4, -0.2) is 29.9 Å². The van der Waals surface area contributed by atoms with Crippen molar-refractivity contribution in [1.29, 1.82) is 0 Å². The third-order valence-corrected chi connectivity index (χ3v) is 2.46. The summed E-state index contributed by atoms with van der Waals surface area (Å²) in [5, 5.41) is 21.9. The van der Waals surface area contributed by atoms with E-state index in [1.807, 2.05) is 0 Å². The summed E-state index contributed by atoms with van der Waals surface area (Å²) in [4.78, 5) is 0. The van der Waals surface area contributed by atoms with E-state index in [-0.39, 0.29) is 6.54 Å². The smallest absolute Gasteiger partial charge is 0.124 e. The summed E-state index contributed by atoms with van der Waals surface area (Å²) in [7, 11) is 1.66. The molecule has 2 unspecified atom stereocenters. The summed E-state index contributed by atoms with van der Waals surface area (Å²) < 4.78 is 13.5. The Hall–Kier alpha value is -0.490. The quantitative estimate of drug-likeness (QED) is 0.775. The van der Waals surface area contributed by atoms with E-state index < -0.39 is 18.0 Å². The Morgan fingerprint density at radius 2 is 2.07 bits per heavy atom. The molecule has 1 rings (SSSR count). The second-order valence-electron chi connectivity index (χ2n) is 3.27. The van der Waals surface area contributed by atoms with E-state index in [1.165, 1.54) is 12.1 Å². The van der Waals surface area contributed by atoms with Crippen LogP contribution < -0.4 is 5.32 Å². The highest BCUT2D eigenvalue weighted by Gasteiger charge is 2.18. The summed E-state index contributed by atoms with van der Waals surface area (Å²) in [6.45, 7) is 0.245. The van der Waals surface area contributed by atoms with Crippen LogP contribution in [0, 0.1) is 5.82 Å². The fourth-order valence-electron chi connectivity index (χ4n) is 1.29. The number of nitrogens with one attached hydrogen (secondary N) is 1. The number of hydrogen-bond acceptors (Lipinski definition) is 3. The maximum absolute atomic E-state index is 13.0. The molecule has 0 bridgehead atoms. The predicted molar refractivity (Wildman–Crippen MR) is 59.0 cm³/mol. The predicted octanol–water partition coefficient (Wildman–Crippen LogP) is 1.20. The van der Waals surface area contributed by atoms with Crippen LogP contribution >= 0.6 is 15.9 Å². The minimum Gasteiger partial charge on any atom is -0.389 e. The van der Waals surface area contributed by atoms with Gasteiger partial charge in [-0.25, -0.2) is 4.39 Å². The largest absolute Gasteiger partial charge is 0.389 e. The first kappa shape index (κ1) is 12.6. The molecule has 15 heavy (non-hydrogen) atoms. The lowest BCUT2D eigenvalue weighted by atomic mass is 10.0. The Balaban J connectivity index is 2.85. The molecule has 0 heterocycles. The SMILES string of the molecule is CNCC(O)C(O)c1cc(F)cc(Br)c1. The van der Waals surface area contributed by atoms with Gasteiger partial charge in [0.25, 0.3) is 0 Å². The normalized spacial score (nSPS) is 15.0. The molecule has 2 atom stereocenters. The molecule has 0 saturated carbocycles. The van der Waals surface area contributed by atoms with E-state index >= 15 is 0 Å². The molecule has 0 aromatic heterocycles. The van der Waals surface area contributed by atoms with Gasteiger partial charge in [-0.1, -0.05) is 15.9 Å². The Kier molecular flexibility index (Phi) is 4.66. The highest BCUT2D eigenvalue weighted by atomic mass is 79.9. The summed E-state index contributed by atoms with van der Waals surface area (Å²) in [5.41, 5.74) is 0.352. The average molecular weight is 278 g/mol. The van der Waals surface area contributed by atoms with Crippen molar-refractivity contribution in [2.75, 3.05) is 13.6 Å². The molecule has 3 N–H and O–H groups in total. The molecule has 5 heteroatoms. The molecular formula is C10H13BrFNO2. The zero-order valence-electron chi connectivity index (χ0n) is 8.24. The minimum atomic E-state index is -1.09. The zero-order valence-corrected chi connectivity index (χ0v) is 9.83. The first-order valence-electron chi connectivity index (χ1n) is 4.51. The summed E-state index contributed by atoms with van der Waals surface area (Å²) in [6, 6.07) is 4.07. The molecule has 0 radical (unpaired) electrons. The van der Waals surface area contributed by atoms with Gasteiger partial charge in [0.2, 0.25) is 0 Å². The lowest BCUT2D eigenvalue weighted by Gasteiger charge is -2.18. The van der Waals surface area contributed by atoms with E-state index in [1.54, 1.807) is 13.1 Å². The summed E-state index contributed by atoms with van der Waals surface area (Å²) >= 11 is 3.12. The Labute approximate surface area is 96.1 Å². The molecule has 1 aromatic rings. The topological polar surface area (TPSA) is 52.5 Å². The van der Waals surface area contributed by atoms with Gasteiger partial charge in [0.15, 0.2) is 0 Å². The van der Waals surface area contributed by atoms with Crippen LogP contribution in [0.3, 0.4) is 0 Å². The number of hydrogen-bond donors (Lipinski definition) is 3. The summed E-state index contributed by atoms with van der Waals surface area (Å²) in [5.74, 6) is -0.449. The number of aliphatic hydroxyl groups is 2. The van der Waals surface area contributed by atoms with Crippen molar-refractivity contribution < 1.29 is 14.6 Å². The van der Waals surface area contributed by atoms with Crippen LogP contribution in [0.5, 0.6) is 0 Å². The van der Waals surface area contributed by atoms with Gasteiger partial charge in [0, 0.05) is 11.0 Å². The highest BCUT2D eigenvalue weighted by molar-refractivity contribution is 9.10. The molecule has 0 saturated heterocycles. The van der Waals surface area contributed by atoms with Crippen LogP contribution in [0.15, 0.2) is 22.7 Å². The molecule has 0 amide bonds.